The second kappa shape index (κ2) is 9.14. The van der Waals surface area contributed by atoms with Gasteiger partial charge in [0.2, 0.25) is 11.8 Å². The lowest BCUT2D eigenvalue weighted by Crippen LogP contribution is -2.63. The zero-order valence-electron chi connectivity index (χ0n) is 19.8. The normalized spacial score (nSPS) is 19.9. The molecule has 2 aliphatic heterocycles. The highest BCUT2D eigenvalue weighted by molar-refractivity contribution is 5.97. The first-order valence-corrected chi connectivity index (χ1v) is 11.9. The number of aromatic nitrogens is 1. The first-order chi connectivity index (χ1) is 16.8. The second-order valence-corrected chi connectivity index (χ2v) is 9.37. The van der Waals surface area contributed by atoms with Gasteiger partial charge < -0.3 is 19.5 Å². The van der Waals surface area contributed by atoms with E-state index in [1.54, 1.807) is 21.9 Å². The van der Waals surface area contributed by atoms with Crippen molar-refractivity contribution in [2.45, 2.75) is 44.9 Å². The van der Waals surface area contributed by atoms with E-state index < -0.39 is 17.0 Å². The minimum Gasteiger partial charge on any atom is -0.379 e. The van der Waals surface area contributed by atoms with Crippen LogP contribution >= 0.6 is 0 Å². The van der Waals surface area contributed by atoms with Crippen molar-refractivity contribution in [3.63, 3.8) is 0 Å². The highest BCUT2D eigenvalue weighted by Crippen LogP contribution is 2.42. The average molecular weight is 477 g/mol. The van der Waals surface area contributed by atoms with Crippen LogP contribution in [0.3, 0.4) is 0 Å². The van der Waals surface area contributed by atoms with Crippen LogP contribution in [0, 0.1) is 10.1 Å². The second-order valence-electron chi connectivity index (χ2n) is 9.37. The Kier molecular flexibility index (Phi) is 6.02. The summed E-state index contributed by atoms with van der Waals surface area (Å²) in [5.74, 6) is -0.205. The van der Waals surface area contributed by atoms with Gasteiger partial charge in [-0.3, -0.25) is 19.7 Å². The summed E-state index contributed by atoms with van der Waals surface area (Å²) in [4.78, 5) is 44.6. The number of carbonyl (C=O) groups excluding carboxylic acids is 2. The third kappa shape index (κ3) is 4.16. The Bertz CT molecular complexity index is 1280. The van der Waals surface area contributed by atoms with E-state index in [0.29, 0.717) is 26.0 Å². The molecule has 2 amide bonds. The summed E-state index contributed by atoms with van der Waals surface area (Å²) in [6, 6.07) is 13.0. The first-order valence-electron chi connectivity index (χ1n) is 11.9. The number of aromatic amines is 1. The smallest absolute Gasteiger partial charge is 0.269 e. The molecule has 3 heterocycles. The van der Waals surface area contributed by atoms with E-state index >= 15 is 0 Å². The highest BCUT2D eigenvalue weighted by atomic mass is 16.6. The number of nitrogens with one attached hydrogen (secondary N) is 1. The van der Waals surface area contributed by atoms with Crippen molar-refractivity contribution in [2.75, 3.05) is 19.7 Å². The molecule has 9 heteroatoms. The maximum atomic E-state index is 13.6. The van der Waals surface area contributed by atoms with Gasteiger partial charge in [-0.1, -0.05) is 18.2 Å². The molecular formula is C26H28N4O5. The van der Waals surface area contributed by atoms with Gasteiger partial charge >= 0.3 is 0 Å². The number of H-pyrrole nitrogens is 1. The number of non-ortho nitro benzene ring substituents is 1. The Hall–Kier alpha value is -3.72. The molecule has 0 unspecified atom stereocenters. The van der Waals surface area contributed by atoms with E-state index in [-0.39, 0.29) is 30.2 Å². The number of nitrogens with zero attached hydrogens (tertiary/aromatic N) is 3. The number of para-hydroxylation sites is 1. The molecule has 1 fully saturated rings. The van der Waals surface area contributed by atoms with Crippen LogP contribution in [0.25, 0.3) is 10.9 Å². The van der Waals surface area contributed by atoms with E-state index in [9.17, 15) is 19.7 Å². The summed E-state index contributed by atoms with van der Waals surface area (Å²) >= 11 is 0. The Morgan fingerprint density at radius 2 is 1.89 bits per heavy atom. The van der Waals surface area contributed by atoms with Crippen LogP contribution in [0.1, 0.15) is 43.1 Å². The van der Waals surface area contributed by atoms with Crippen LogP contribution in [0.4, 0.5) is 5.69 Å². The molecule has 9 nitrogen and oxygen atoms in total. The third-order valence-corrected chi connectivity index (χ3v) is 6.79. The quantitative estimate of drug-likeness (QED) is 0.319. The maximum absolute atomic E-state index is 13.6. The first kappa shape index (κ1) is 23.0. The fraction of sp³-hybridized carbons (Fsp3) is 0.385. The summed E-state index contributed by atoms with van der Waals surface area (Å²) in [6.07, 6.45) is 1.20. The van der Waals surface area contributed by atoms with Crippen molar-refractivity contribution in [1.29, 1.82) is 0 Å². The predicted octanol–water partition coefficient (Wildman–Crippen LogP) is 3.58. The van der Waals surface area contributed by atoms with E-state index in [0.717, 1.165) is 27.7 Å². The van der Waals surface area contributed by atoms with Gasteiger partial charge in [0.15, 0.2) is 0 Å². The van der Waals surface area contributed by atoms with Crippen LogP contribution in [0.2, 0.25) is 0 Å². The number of fused-ring (bicyclic) bond motifs is 4. The van der Waals surface area contributed by atoms with Crippen molar-refractivity contribution >= 4 is 28.4 Å². The van der Waals surface area contributed by atoms with Crippen LogP contribution in [0.5, 0.6) is 0 Å². The van der Waals surface area contributed by atoms with Gasteiger partial charge in [0.25, 0.3) is 5.69 Å². The summed E-state index contributed by atoms with van der Waals surface area (Å²) in [5, 5.41) is 12.2. The Labute approximate surface area is 202 Å². The van der Waals surface area contributed by atoms with Crippen LogP contribution < -0.4 is 0 Å². The molecule has 2 aromatic carbocycles. The lowest BCUT2D eigenvalue weighted by molar-refractivity contribution is -0.384. The number of carbonyl (C=O) groups is 2. The minimum absolute atomic E-state index is 0.00998. The highest BCUT2D eigenvalue weighted by Gasteiger charge is 2.48. The molecular weight excluding hydrogens is 448 g/mol. The van der Waals surface area contributed by atoms with E-state index in [1.165, 1.54) is 12.1 Å². The lowest BCUT2D eigenvalue weighted by Gasteiger charge is -2.47. The monoisotopic (exact) mass is 476 g/mol. The van der Waals surface area contributed by atoms with Crippen LogP contribution in [-0.4, -0.2) is 63.4 Å². The minimum atomic E-state index is -0.630. The average Bonchev–Trinajstić information content (AvgIpc) is 3.21. The number of amides is 2. The maximum Gasteiger partial charge on any atom is 0.269 e. The van der Waals surface area contributed by atoms with Gasteiger partial charge in [-0.25, -0.2) is 0 Å². The lowest BCUT2D eigenvalue weighted by atomic mass is 9.86. The molecule has 1 aromatic heterocycles. The zero-order valence-corrected chi connectivity index (χ0v) is 19.8. The topological polar surface area (TPSA) is 109 Å². The van der Waals surface area contributed by atoms with Crippen LogP contribution in [-0.2, 0) is 20.7 Å². The Morgan fingerprint density at radius 3 is 2.60 bits per heavy atom. The third-order valence-electron chi connectivity index (χ3n) is 6.79. The van der Waals surface area contributed by atoms with Gasteiger partial charge in [-0.2, -0.15) is 0 Å². The van der Waals surface area contributed by atoms with Gasteiger partial charge in [0, 0.05) is 48.3 Å². The van der Waals surface area contributed by atoms with Gasteiger partial charge in [0.05, 0.1) is 23.6 Å². The van der Waals surface area contributed by atoms with Gasteiger partial charge in [-0.05, 0) is 49.6 Å². The summed E-state index contributed by atoms with van der Waals surface area (Å²) in [6.45, 7) is 4.93. The number of nitro benzene ring substituents is 1. The molecule has 1 N–H and O–H groups in total. The molecule has 3 aromatic rings. The van der Waals surface area contributed by atoms with Crippen molar-refractivity contribution in [3.05, 3.63) is 75.5 Å². The largest absolute Gasteiger partial charge is 0.379 e. The molecule has 0 spiro atoms. The standard InChI is InChI=1S/C26H28N4O5/c1-16(2)35-13-5-12-28-15-23(31)29-22(26(28)32)14-20-19-6-3-4-7-21(19)27-24(20)25(29)17-8-10-18(11-9-17)30(33)34/h3-4,6-11,16,22,25,27H,5,12-15H2,1-2H3/t22-,25+/m0/s1. The summed E-state index contributed by atoms with van der Waals surface area (Å²) in [7, 11) is 0. The number of piperazine rings is 1. The number of ether oxygens (including phenoxy) is 1. The van der Waals surface area contributed by atoms with E-state index in [4.69, 9.17) is 4.74 Å². The van der Waals surface area contributed by atoms with Crippen molar-refractivity contribution in [3.8, 4) is 0 Å². The van der Waals surface area contributed by atoms with Crippen molar-refractivity contribution < 1.29 is 19.2 Å². The predicted molar refractivity (Wildman–Crippen MR) is 130 cm³/mol. The molecule has 0 aliphatic carbocycles. The Morgan fingerprint density at radius 1 is 1.14 bits per heavy atom. The molecule has 0 saturated carbocycles. The van der Waals surface area contributed by atoms with Crippen LogP contribution in [0.15, 0.2) is 48.5 Å². The molecule has 35 heavy (non-hydrogen) atoms. The van der Waals surface area contributed by atoms with E-state index in [1.807, 2.05) is 38.1 Å². The number of hydrogen-bond donors (Lipinski definition) is 1. The number of hydrogen-bond acceptors (Lipinski definition) is 5. The zero-order chi connectivity index (χ0) is 24.7. The molecule has 0 radical (unpaired) electrons. The number of rotatable bonds is 7. The molecule has 1 saturated heterocycles. The van der Waals surface area contributed by atoms with Crippen molar-refractivity contribution in [1.82, 2.24) is 14.8 Å². The van der Waals surface area contributed by atoms with E-state index in [2.05, 4.69) is 4.98 Å². The molecule has 2 aliphatic rings. The summed E-state index contributed by atoms with van der Waals surface area (Å²) in [5.41, 5.74) is 3.52. The molecule has 5 rings (SSSR count). The number of benzene rings is 2. The Balaban J connectivity index is 1.53. The summed E-state index contributed by atoms with van der Waals surface area (Å²) < 4.78 is 5.60. The fourth-order valence-corrected chi connectivity index (χ4v) is 5.21. The SMILES string of the molecule is CC(C)OCCCN1CC(=O)N2[C@H](c3ccc([N+](=O)[O-])cc3)c3[nH]c4ccccc4c3C[C@H]2C1=O. The molecule has 182 valence electrons. The fourth-order valence-electron chi connectivity index (χ4n) is 5.21. The molecule has 2 atom stereocenters. The molecule has 0 bridgehead atoms. The van der Waals surface area contributed by atoms with Gasteiger partial charge in [0.1, 0.15) is 6.04 Å². The number of nitro groups is 1. The van der Waals surface area contributed by atoms with Crippen molar-refractivity contribution in [2.24, 2.45) is 0 Å². The van der Waals surface area contributed by atoms with Gasteiger partial charge in [-0.15, -0.1) is 0 Å².